The van der Waals surface area contributed by atoms with E-state index >= 15 is 0 Å². The number of ether oxygens (including phenoxy) is 2. The van der Waals surface area contributed by atoms with E-state index in [0.29, 0.717) is 10.2 Å². The van der Waals surface area contributed by atoms with Gasteiger partial charge in [0.05, 0.1) is 19.9 Å². The number of methoxy groups -OCH3 is 1. The van der Waals surface area contributed by atoms with Gasteiger partial charge in [-0.2, -0.15) is 0 Å². The van der Waals surface area contributed by atoms with E-state index in [2.05, 4.69) is 15.0 Å². The van der Waals surface area contributed by atoms with Crippen LogP contribution in [0.2, 0.25) is 0 Å². The number of nitrogens with one attached hydrogen (secondary N) is 1. The zero-order valence-corrected chi connectivity index (χ0v) is 9.36. The molecule has 7 nitrogen and oxygen atoms in total. The van der Waals surface area contributed by atoms with Crippen molar-refractivity contribution in [2.24, 2.45) is 0 Å². The maximum atomic E-state index is 10.8. The van der Waals surface area contributed by atoms with Crippen LogP contribution in [-0.4, -0.2) is 41.3 Å². The first-order chi connectivity index (χ1) is 7.61. The number of thiazole rings is 1. The monoisotopic (exact) mass is 248 g/mol. The smallest absolute Gasteiger partial charge is 0.412 e. The standard InChI is InChI=1S/C8H12N2O5S/c1-14-7(13)10-5-4-9-8(16-5)15-3-2-6(11)12/h4,6,11-12H,2-3H2,1H3,(H,10,13). The number of carbonyl (C=O) groups excluding carboxylic acids is 1. The van der Waals surface area contributed by atoms with E-state index in [0.717, 1.165) is 11.3 Å². The topological polar surface area (TPSA) is 101 Å². The van der Waals surface area contributed by atoms with Crippen LogP contribution in [0, 0.1) is 0 Å². The number of aliphatic hydroxyl groups is 2. The van der Waals surface area contributed by atoms with Crippen molar-refractivity contribution in [2.75, 3.05) is 19.0 Å². The Kier molecular flexibility index (Phi) is 4.96. The summed E-state index contributed by atoms with van der Waals surface area (Å²) < 4.78 is 9.51. The van der Waals surface area contributed by atoms with E-state index in [1.807, 2.05) is 0 Å². The quantitative estimate of drug-likeness (QED) is 0.652. The van der Waals surface area contributed by atoms with Crippen LogP contribution >= 0.6 is 11.3 Å². The molecule has 0 saturated carbocycles. The van der Waals surface area contributed by atoms with Crippen molar-refractivity contribution in [1.29, 1.82) is 0 Å². The van der Waals surface area contributed by atoms with E-state index < -0.39 is 12.4 Å². The summed E-state index contributed by atoms with van der Waals surface area (Å²) in [5.74, 6) is 0. The molecule has 90 valence electrons. The molecule has 1 aromatic heterocycles. The highest BCUT2D eigenvalue weighted by Gasteiger charge is 2.07. The molecule has 0 atom stereocenters. The number of carbonyl (C=O) groups is 1. The molecule has 1 rings (SSSR count). The second kappa shape index (κ2) is 6.26. The Bertz CT molecular complexity index is 341. The molecule has 0 saturated heterocycles. The van der Waals surface area contributed by atoms with Gasteiger partial charge in [-0.1, -0.05) is 11.3 Å². The van der Waals surface area contributed by atoms with Crippen LogP contribution in [0.25, 0.3) is 0 Å². The Balaban J connectivity index is 2.36. The van der Waals surface area contributed by atoms with Crippen molar-refractivity contribution >= 4 is 22.4 Å². The van der Waals surface area contributed by atoms with Crippen LogP contribution in [0.15, 0.2) is 6.20 Å². The highest BCUT2D eigenvalue weighted by molar-refractivity contribution is 7.17. The second-order valence-electron chi connectivity index (χ2n) is 2.72. The molecule has 16 heavy (non-hydrogen) atoms. The molecule has 0 unspecified atom stereocenters. The molecule has 0 aliphatic carbocycles. The first kappa shape index (κ1) is 12.7. The van der Waals surface area contributed by atoms with Crippen molar-refractivity contribution in [3.8, 4) is 5.19 Å². The van der Waals surface area contributed by atoms with Crippen molar-refractivity contribution < 1.29 is 24.5 Å². The van der Waals surface area contributed by atoms with Gasteiger partial charge in [0.25, 0.3) is 5.19 Å². The van der Waals surface area contributed by atoms with Gasteiger partial charge in [-0.15, -0.1) is 0 Å². The Labute approximate surface area is 95.6 Å². The van der Waals surface area contributed by atoms with Crippen molar-refractivity contribution in [3.05, 3.63) is 6.20 Å². The number of amides is 1. The molecule has 0 radical (unpaired) electrons. The Hall–Kier alpha value is -1.38. The van der Waals surface area contributed by atoms with Crippen molar-refractivity contribution in [3.63, 3.8) is 0 Å². The number of aliphatic hydroxyl groups excluding tert-OH is 1. The Morgan fingerprint density at radius 2 is 2.44 bits per heavy atom. The molecular formula is C8H12N2O5S. The van der Waals surface area contributed by atoms with Gasteiger partial charge in [-0.3, -0.25) is 5.32 Å². The molecule has 0 aromatic carbocycles. The lowest BCUT2D eigenvalue weighted by Gasteiger charge is -2.03. The zero-order valence-electron chi connectivity index (χ0n) is 8.54. The third kappa shape index (κ3) is 4.43. The zero-order chi connectivity index (χ0) is 12.0. The lowest BCUT2D eigenvalue weighted by molar-refractivity contribution is -0.0519. The fourth-order valence-corrected chi connectivity index (χ4v) is 1.46. The van der Waals surface area contributed by atoms with Gasteiger partial charge in [0.2, 0.25) is 0 Å². The molecule has 1 amide bonds. The number of aromatic nitrogens is 1. The highest BCUT2D eigenvalue weighted by Crippen LogP contribution is 2.25. The van der Waals surface area contributed by atoms with Crippen molar-refractivity contribution in [1.82, 2.24) is 4.98 Å². The minimum atomic E-state index is -1.40. The molecular weight excluding hydrogens is 236 g/mol. The predicted octanol–water partition coefficient (Wildman–Crippen LogP) is 0.401. The molecule has 1 heterocycles. The third-order valence-electron chi connectivity index (χ3n) is 1.50. The van der Waals surface area contributed by atoms with E-state index in [9.17, 15) is 4.79 Å². The molecule has 8 heteroatoms. The van der Waals surface area contributed by atoms with E-state index in [1.54, 1.807) is 0 Å². The minimum absolute atomic E-state index is 0.0966. The summed E-state index contributed by atoms with van der Waals surface area (Å²) >= 11 is 1.12. The number of hydrogen-bond acceptors (Lipinski definition) is 7. The Morgan fingerprint density at radius 1 is 1.69 bits per heavy atom. The van der Waals surface area contributed by atoms with Crippen LogP contribution in [-0.2, 0) is 4.74 Å². The minimum Gasteiger partial charge on any atom is -0.470 e. The van der Waals surface area contributed by atoms with Gasteiger partial charge in [-0.05, 0) is 0 Å². The van der Waals surface area contributed by atoms with Gasteiger partial charge in [0.15, 0.2) is 6.29 Å². The summed E-state index contributed by atoms with van der Waals surface area (Å²) in [5, 5.41) is 20.4. The molecule has 0 aliphatic heterocycles. The summed E-state index contributed by atoms with van der Waals surface area (Å²) in [6.45, 7) is 0.142. The van der Waals surface area contributed by atoms with Gasteiger partial charge >= 0.3 is 6.09 Å². The summed E-state index contributed by atoms with van der Waals surface area (Å²) in [6.07, 6.45) is -0.459. The van der Waals surface area contributed by atoms with Gasteiger partial charge in [0, 0.05) is 6.42 Å². The lowest BCUT2D eigenvalue weighted by atomic mass is 10.4. The largest absolute Gasteiger partial charge is 0.470 e. The Morgan fingerprint density at radius 3 is 3.06 bits per heavy atom. The van der Waals surface area contributed by atoms with E-state index in [1.165, 1.54) is 13.3 Å². The predicted molar refractivity (Wildman–Crippen MR) is 56.5 cm³/mol. The first-order valence-electron chi connectivity index (χ1n) is 4.41. The molecule has 3 N–H and O–H groups in total. The third-order valence-corrected chi connectivity index (χ3v) is 2.32. The summed E-state index contributed by atoms with van der Waals surface area (Å²) in [6, 6.07) is 0. The van der Waals surface area contributed by atoms with Crippen LogP contribution in [0.3, 0.4) is 0 Å². The SMILES string of the molecule is COC(=O)Nc1cnc(OCCC(O)O)s1. The molecule has 0 aliphatic rings. The molecule has 0 spiro atoms. The second-order valence-corrected chi connectivity index (χ2v) is 3.72. The van der Waals surface area contributed by atoms with Crippen LogP contribution in [0.1, 0.15) is 6.42 Å². The summed E-state index contributed by atoms with van der Waals surface area (Å²) in [5.41, 5.74) is 0. The fraction of sp³-hybridized carbons (Fsp3) is 0.500. The van der Waals surface area contributed by atoms with Crippen LogP contribution < -0.4 is 10.1 Å². The average Bonchev–Trinajstić information content (AvgIpc) is 2.65. The van der Waals surface area contributed by atoms with Gasteiger partial charge < -0.3 is 19.7 Å². The van der Waals surface area contributed by atoms with Gasteiger partial charge in [0.1, 0.15) is 5.00 Å². The summed E-state index contributed by atoms with van der Waals surface area (Å²) in [7, 11) is 1.26. The van der Waals surface area contributed by atoms with Crippen molar-refractivity contribution in [2.45, 2.75) is 12.7 Å². The maximum Gasteiger partial charge on any atom is 0.412 e. The maximum absolute atomic E-state index is 10.8. The molecule has 0 bridgehead atoms. The first-order valence-corrected chi connectivity index (χ1v) is 5.23. The van der Waals surface area contributed by atoms with Crippen LogP contribution in [0.4, 0.5) is 9.80 Å². The van der Waals surface area contributed by atoms with Gasteiger partial charge in [-0.25, -0.2) is 9.78 Å². The molecule has 1 aromatic rings. The van der Waals surface area contributed by atoms with E-state index in [4.69, 9.17) is 14.9 Å². The fourth-order valence-electron chi connectivity index (χ4n) is 0.786. The van der Waals surface area contributed by atoms with E-state index in [-0.39, 0.29) is 13.0 Å². The summed E-state index contributed by atoms with van der Waals surface area (Å²) in [4.78, 5) is 14.7. The van der Waals surface area contributed by atoms with Crippen LogP contribution in [0.5, 0.6) is 5.19 Å². The highest BCUT2D eigenvalue weighted by atomic mass is 32.1. The average molecular weight is 248 g/mol. The number of rotatable bonds is 5. The normalized spacial score (nSPS) is 10.2. The number of nitrogens with zero attached hydrogens (tertiary/aromatic N) is 1. The lowest BCUT2D eigenvalue weighted by Crippen LogP contribution is -2.10. The number of hydrogen-bond donors (Lipinski definition) is 3. The number of anilines is 1. The molecule has 0 fully saturated rings.